The van der Waals surface area contributed by atoms with Gasteiger partial charge in [0.1, 0.15) is 5.75 Å². The van der Waals surface area contributed by atoms with E-state index in [1.165, 1.54) is 6.07 Å². The smallest absolute Gasteiger partial charge is 0.494 e. The van der Waals surface area contributed by atoms with Crippen LogP contribution in [-0.2, 0) is 6.42 Å². The predicted octanol–water partition coefficient (Wildman–Crippen LogP) is 1.39. The average Bonchev–Trinajstić information content (AvgIpc) is 2.42. The Balaban J connectivity index is 0.00000242. The van der Waals surface area contributed by atoms with E-state index in [1.54, 1.807) is 12.1 Å². The summed E-state index contributed by atoms with van der Waals surface area (Å²) in [4.78, 5) is 0. The Morgan fingerprint density at radius 2 is 1.68 bits per heavy atom. The summed E-state index contributed by atoms with van der Waals surface area (Å²) in [6, 6.07) is 10.7. The molecule has 22 heavy (non-hydrogen) atoms. The van der Waals surface area contributed by atoms with Crippen LogP contribution in [0.4, 0.5) is 12.9 Å². The van der Waals surface area contributed by atoms with Crippen LogP contribution in [0.1, 0.15) is 18.1 Å². The molecule has 0 fully saturated rings. The van der Waals surface area contributed by atoms with Gasteiger partial charge in [-0.25, -0.2) is 0 Å². The van der Waals surface area contributed by atoms with Gasteiger partial charge in [-0.2, -0.15) is 0 Å². The van der Waals surface area contributed by atoms with Gasteiger partial charge in [-0.05, 0) is 42.7 Å². The molecule has 0 amide bonds. The van der Waals surface area contributed by atoms with Crippen molar-refractivity contribution in [3.63, 3.8) is 0 Å². The first-order valence-corrected chi connectivity index (χ1v) is 6.98. The van der Waals surface area contributed by atoms with Crippen molar-refractivity contribution in [3.8, 4) is 5.75 Å². The van der Waals surface area contributed by atoms with E-state index in [4.69, 9.17) is 16.3 Å². The summed E-state index contributed by atoms with van der Waals surface area (Å²) in [5.41, 5.74) is 0.727. The fourth-order valence-corrected chi connectivity index (χ4v) is 2.21. The maximum absolute atomic E-state index is 12.8. The summed E-state index contributed by atoms with van der Waals surface area (Å²) in [6.45, 7) is -2.55. The minimum atomic E-state index is -5.01. The third-order valence-corrected chi connectivity index (χ3v) is 3.45. The summed E-state index contributed by atoms with van der Waals surface area (Å²) < 4.78 is 43.7. The van der Waals surface area contributed by atoms with Crippen LogP contribution in [0.25, 0.3) is 0 Å². The number of hydrogen-bond acceptors (Lipinski definition) is 1. The van der Waals surface area contributed by atoms with Gasteiger partial charge in [0, 0.05) is 5.02 Å². The van der Waals surface area contributed by atoms with E-state index in [2.05, 4.69) is 0 Å². The molecule has 7 heteroatoms. The molecule has 1 nitrogen and oxygen atoms in total. The molecule has 0 unspecified atom stereocenters. The van der Waals surface area contributed by atoms with Crippen molar-refractivity contribution < 1.29 is 69.1 Å². The van der Waals surface area contributed by atoms with Crippen molar-refractivity contribution in [2.75, 3.05) is 6.61 Å². The predicted molar refractivity (Wildman–Crippen MR) is 80.6 cm³/mol. The number of hydrogen-bond donors (Lipinski definition) is 0. The van der Waals surface area contributed by atoms with Crippen molar-refractivity contribution in [2.45, 2.75) is 13.3 Å². The van der Waals surface area contributed by atoms with E-state index in [-0.39, 0.29) is 51.4 Å². The van der Waals surface area contributed by atoms with Crippen molar-refractivity contribution in [1.82, 2.24) is 0 Å². The molecule has 2 aromatic carbocycles. The van der Waals surface area contributed by atoms with Gasteiger partial charge in [-0.15, -0.1) is 5.46 Å². The first-order chi connectivity index (χ1) is 9.90. The Labute approximate surface area is 175 Å². The maximum atomic E-state index is 12.8. The second-order valence-electron chi connectivity index (χ2n) is 4.68. The number of benzene rings is 2. The van der Waals surface area contributed by atoms with E-state index in [1.807, 2.05) is 19.1 Å². The Bertz CT molecular complexity index is 617. The molecule has 0 aliphatic carbocycles. The molecule has 0 aliphatic rings. The van der Waals surface area contributed by atoms with E-state index < -0.39 is 12.4 Å². The molecule has 0 heterocycles. The van der Waals surface area contributed by atoms with Crippen LogP contribution >= 0.6 is 11.6 Å². The van der Waals surface area contributed by atoms with Crippen molar-refractivity contribution in [1.29, 1.82) is 0 Å². The summed E-state index contributed by atoms with van der Waals surface area (Å²) in [5.74, 6) is 0.736. The van der Waals surface area contributed by atoms with Gasteiger partial charge < -0.3 is 17.7 Å². The van der Waals surface area contributed by atoms with Crippen molar-refractivity contribution in [2.24, 2.45) is 0 Å². The minimum Gasteiger partial charge on any atom is -0.494 e. The third kappa shape index (κ3) is 5.58. The van der Waals surface area contributed by atoms with Gasteiger partial charge in [0.2, 0.25) is 0 Å². The van der Waals surface area contributed by atoms with Crippen molar-refractivity contribution >= 4 is 24.0 Å². The molecule has 0 radical (unpaired) electrons. The van der Waals surface area contributed by atoms with Gasteiger partial charge in [0.25, 0.3) is 0 Å². The molecule has 2 aromatic rings. The first kappa shape index (κ1) is 20.1. The van der Waals surface area contributed by atoms with E-state index in [0.717, 1.165) is 23.4 Å². The zero-order chi connectivity index (χ0) is 15.5. The van der Waals surface area contributed by atoms with E-state index in [0.29, 0.717) is 23.6 Å². The van der Waals surface area contributed by atoms with Crippen LogP contribution in [0, 0.1) is 0 Å². The molecule has 0 saturated carbocycles. The molecule has 112 valence electrons. The van der Waals surface area contributed by atoms with Gasteiger partial charge in [-0.1, -0.05) is 35.9 Å². The molecule has 0 aromatic heterocycles. The first-order valence-electron chi connectivity index (χ1n) is 6.60. The van der Waals surface area contributed by atoms with E-state index in [9.17, 15) is 12.9 Å². The zero-order valence-electron chi connectivity index (χ0n) is 12.5. The average molecular weight is 353 g/mol. The molecule has 0 spiro atoms. The topological polar surface area (TPSA) is 9.23 Å². The Kier molecular flexibility index (Phi) is 7.99. The molecule has 0 N–H and O–H groups in total. The Hall–Kier alpha value is 0.0213. The third-order valence-electron chi connectivity index (χ3n) is 3.08. The van der Waals surface area contributed by atoms with Gasteiger partial charge >= 0.3 is 58.4 Å². The summed E-state index contributed by atoms with van der Waals surface area (Å²) >= 11 is 5.99. The SMILES string of the molecule is CCOc1ccc(Cc2cc([B-](F)(F)F)ccc2Cl)cc1.[K+]. The maximum Gasteiger partial charge on any atom is 1.00 e. The second kappa shape index (κ2) is 8.76. The number of halogens is 4. The number of ether oxygens (including phenoxy) is 1. The van der Waals surface area contributed by atoms with Crippen molar-refractivity contribution in [3.05, 3.63) is 58.6 Å². The summed E-state index contributed by atoms with van der Waals surface area (Å²) in [5, 5.41) is 0.340. The van der Waals surface area contributed by atoms with Gasteiger partial charge in [0.05, 0.1) is 6.61 Å². The second-order valence-corrected chi connectivity index (χ2v) is 5.09. The van der Waals surface area contributed by atoms with Crippen LogP contribution in [0.15, 0.2) is 42.5 Å². The minimum absolute atomic E-state index is 0. The Morgan fingerprint density at radius 3 is 2.23 bits per heavy atom. The molecule has 0 aliphatic heterocycles. The van der Waals surface area contributed by atoms with Crippen LogP contribution < -0.4 is 61.6 Å². The molecule has 0 saturated heterocycles. The monoisotopic (exact) mass is 352 g/mol. The molecular formula is C15H14BClF3KO. The molecular weight excluding hydrogens is 339 g/mol. The summed E-state index contributed by atoms with van der Waals surface area (Å²) in [7, 11) is 0. The summed E-state index contributed by atoms with van der Waals surface area (Å²) in [6.07, 6.45) is 0.352. The quantitative estimate of drug-likeness (QED) is 0.739. The normalized spacial score (nSPS) is 11.0. The van der Waals surface area contributed by atoms with Gasteiger partial charge in [-0.3, -0.25) is 0 Å². The molecule has 0 atom stereocenters. The Morgan fingerprint density at radius 1 is 1.05 bits per heavy atom. The van der Waals surface area contributed by atoms with Crippen LogP contribution in [-0.4, -0.2) is 13.6 Å². The van der Waals surface area contributed by atoms with Crippen LogP contribution in [0.5, 0.6) is 5.75 Å². The fraction of sp³-hybridized carbons (Fsp3) is 0.200. The van der Waals surface area contributed by atoms with Crippen LogP contribution in [0.3, 0.4) is 0 Å². The largest absolute Gasteiger partial charge is 1.00 e. The number of rotatable bonds is 5. The zero-order valence-corrected chi connectivity index (χ0v) is 16.3. The fourth-order valence-electron chi connectivity index (χ4n) is 2.02. The van der Waals surface area contributed by atoms with Crippen LogP contribution in [0.2, 0.25) is 5.02 Å². The molecule has 2 rings (SSSR count). The van der Waals surface area contributed by atoms with E-state index >= 15 is 0 Å². The van der Waals surface area contributed by atoms with Gasteiger partial charge in [0.15, 0.2) is 0 Å². The standard InChI is InChI=1S/C15H14BClF3O.K/c1-2-21-14-6-3-11(4-7-14)9-12-10-13(16(18,19)20)5-8-15(12)17;/h3-8,10H,2,9H2,1H3;/q-1;+1. The molecule has 0 bridgehead atoms.